The predicted molar refractivity (Wildman–Crippen MR) is 107 cm³/mol. The van der Waals surface area contributed by atoms with Crippen LogP contribution in [0.1, 0.15) is 20.3 Å². The Morgan fingerprint density at radius 3 is 2.43 bits per heavy atom. The molecule has 0 aromatic heterocycles. The van der Waals surface area contributed by atoms with Gasteiger partial charge in [0.25, 0.3) is 0 Å². The lowest BCUT2D eigenvalue weighted by Crippen LogP contribution is -2.55. The standard InChI is InChI=1S/C16H26F3NO5S2Si/c1-6-23-15(26)27-10(8-28(3,4)5)7-11-12(25-14(22)24-11)13(16(17,18)19)20-9(2)21/h10-13H,6-8H2,1-5H3,(H,20,21). The third-order valence-corrected chi connectivity index (χ3v) is 7.17. The first kappa shape index (κ1) is 25.0. The monoisotopic (exact) mass is 461 g/mol. The van der Waals surface area contributed by atoms with Crippen molar-refractivity contribution in [3.05, 3.63) is 0 Å². The molecule has 1 fully saturated rings. The average Bonchev–Trinajstić information content (AvgIpc) is 2.81. The van der Waals surface area contributed by atoms with E-state index in [4.69, 9.17) is 26.4 Å². The van der Waals surface area contributed by atoms with Crippen molar-refractivity contribution in [3.8, 4) is 0 Å². The summed E-state index contributed by atoms with van der Waals surface area (Å²) in [5.41, 5.74) is 0. The number of hydrogen-bond acceptors (Lipinski definition) is 7. The molecule has 1 aliphatic heterocycles. The van der Waals surface area contributed by atoms with E-state index in [1.54, 1.807) is 6.92 Å². The van der Waals surface area contributed by atoms with Crippen LogP contribution in [0.4, 0.5) is 18.0 Å². The van der Waals surface area contributed by atoms with Crippen molar-refractivity contribution in [2.75, 3.05) is 6.61 Å². The number of nitrogens with one attached hydrogen (secondary N) is 1. The number of alkyl halides is 3. The number of thiocarbonyl (C=S) groups is 1. The second-order valence-corrected chi connectivity index (χ2v) is 15.1. The van der Waals surface area contributed by atoms with Gasteiger partial charge in [0.05, 0.1) is 6.61 Å². The minimum Gasteiger partial charge on any atom is -0.479 e. The van der Waals surface area contributed by atoms with Gasteiger partial charge in [0.2, 0.25) is 10.3 Å². The second-order valence-electron chi connectivity index (χ2n) is 7.63. The maximum atomic E-state index is 13.5. The fraction of sp³-hybridized carbons (Fsp3) is 0.812. The van der Waals surface area contributed by atoms with Gasteiger partial charge >= 0.3 is 12.3 Å². The largest absolute Gasteiger partial charge is 0.509 e. The lowest BCUT2D eigenvalue weighted by Gasteiger charge is -2.30. The van der Waals surface area contributed by atoms with E-state index in [0.29, 0.717) is 11.0 Å². The van der Waals surface area contributed by atoms with Crippen LogP contribution in [-0.2, 0) is 19.0 Å². The van der Waals surface area contributed by atoms with Crippen molar-refractivity contribution in [1.82, 2.24) is 5.32 Å². The van der Waals surface area contributed by atoms with Gasteiger partial charge in [-0.25, -0.2) is 4.79 Å². The summed E-state index contributed by atoms with van der Waals surface area (Å²) < 4.78 is 55.7. The van der Waals surface area contributed by atoms with Crippen LogP contribution >= 0.6 is 24.0 Å². The topological polar surface area (TPSA) is 73.9 Å². The van der Waals surface area contributed by atoms with Crippen LogP contribution in [0.25, 0.3) is 0 Å². The Morgan fingerprint density at radius 1 is 1.36 bits per heavy atom. The highest BCUT2D eigenvalue weighted by Crippen LogP contribution is 2.35. The molecule has 28 heavy (non-hydrogen) atoms. The quantitative estimate of drug-likeness (QED) is 0.331. The van der Waals surface area contributed by atoms with Crippen LogP contribution in [0.3, 0.4) is 0 Å². The summed E-state index contributed by atoms with van der Waals surface area (Å²) in [4.78, 5) is 22.8. The third kappa shape index (κ3) is 8.56. The summed E-state index contributed by atoms with van der Waals surface area (Å²) in [5, 5.41) is 1.62. The van der Waals surface area contributed by atoms with E-state index in [1.165, 1.54) is 11.8 Å². The summed E-state index contributed by atoms with van der Waals surface area (Å²) in [5.74, 6) is -0.880. The first-order valence-electron chi connectivity index (χ1n) is 8.77. The van der Waals surface area contributed by atoms with Crippen molar-refractivity contribution in [3.63, 3.8) is 0 Å². The zero-order chi connectivity index (χ0) is 21.7. The highest BCUT2D eigenvalue weighted by molar-refractivity contribution is 8.23. The van der Waals surface area contributed by atoms with E-state index in [-0.39, 0.29) is 11.7 Å². The minimum atomic E-state index is -4.80. The molecule has 4 atom stereocenters. The summed E-state index contributed by atoms with van der Waals surface area (Å²) in [6.07, 6.45) is -8.71. The predicted octanol–water partition coefficient (Wildman–Crippen LogP) is 4.11. The first-order chi connectivity index (χ1) is 12.7. The average molecular weight is 462 g/mol. The molecule has 0 aliphatic carbocycles. The molecule has 4 unspecified atom stereocenters. The van der Waals surface area contributed by atoms with Gasteiger partial charge in [-0.15, -0.1) is 0 Å². The molecule has 1 saturated heterocycles. The maximum Gasteiger partial charge on any atom is 0.509 e. The van der Waals surface area contributed by atoms with Crippen LogP contribution in [0.2, 0.25) is 25.7 Å². The second kappa shape index (κ2) is 10.1. The van der Waals surface area contributed by atoms with E-state index in [9.17, 15) is 22.8 Å². The van der Waals surface area contributed by atoms with Crippen molar-refractivity contribution in [1.29, 1.82) is 0 Å². The first-order valence-corrected chi connectivity index (χ1v) is 13.8. The lowest BCUT2D eigenvalue weighted by atomic mass is 10.0. The third-order valence-electron chi connectivity index (χ3n) is 3.75. The maximum absolute atomic E-state index is 13.5. The van der Waals surface area contributed by atoms with E-state index in [1.807, 2.05) is 5.32 Å². The SMILES string of the molecule is CCOC(=S)SC(CC1OC(=O)OC1C(NC(C)=O)C(F)(F)F)C[Si](C)(C)C. The molecule has 1 N–H and O–H groups in total. The Morgan fingerprint density at radius 2 is 1.96 bits per heavy atom. The number of ether oxygens (including phenoxy) is 3. The molecule has 1 amide bonds. The Kier molecular flexibility index (Phi) is 9.07. The van der Waals surface area contributed by atoms with Crippen LogP contribution in [0, 0.1) is 0 Å². The Labute approximate surface area is 173 Å². The van der Waals surface area contributed by atoms with Gasteiger partial charge < -0.3 is 19.5 Å². The molecule has 1 heterocycles. The minimum absolute atomic E-state index is 0.102. The lowest BCUT2D eigenvalue weighted by molar-refractivity contribution is -0.181. The molecule has 12 heteroatoms. The zero-order valence-corrected chi connectivity index (χ0v) is 19.1. The number of halogens is 3. The fourth-order valence-electron chi connectivity index (χ4n) is 2.84. The van der Waals surface area contributed by atoms with Crippen LogP contribution in [0.15, 0.2) is 0 Å². The van der Waals surface area contributed by atoms with Crippen LogP contribution < -0.4 is 5.32 Å². The smallest absolute Gasteiger partial charge is 0.479 e. The van der Waals surface area contributed by atoms with Crippen molar-refractivity contribution in [2.45, 2.75) is 75.6 Å². The highest BCUT2D eigenvalue weighted by atomic mass is 32.2. The number of rotatable bonds is 8. The number of thioether (sulfide) groups is 1. The molecule has 1 rings (SSSR count). The number of carbonyl (C=O) groups is 2. The van der Waals surface area contributed by atoms with Crippen molar-refractivity contribution < 1.29 is 37.0 Å². The molecule has 0 saturated carbocycles. The molecule has 0 radical (unpaired) electrons. The van der Waals surface area contributed by atoms with Gasteiger partial charge in [-0.1, -0.05) is 31.4 Å². The Hall–Kier alpha value is -1.01. The fourth-order valence-corrected chi connectivity index (χ4v) is 7.48. The van der Waals surface area contributed by atoms with Gasteiger partial charge in [-0.2, -0.15) is 13.2 Å². The number of hydrogen-bond donors (Lipinski definition) is 1. The van der Waals surface area contributed by atoms with Gasteiger partial charge in [-0.05, 0) is 25.2 Å². The molecular weight excluding hydrogens is 435 g/mol. The normalized spacial score (nSPS) is 22.1. The number of carbonyl (C=O) groups excluding carboxylic acids is 2. The van der Waals surface area contributed by atoms with E-state index < -0.39 is 44.6 Å². The molecule has 0 spiro atoms. The summed E-state index contributed by atoms with van der Waals surface area (Å²) in [6, 6.07) is -1.62. The van der Waals surface area contributed by atoms with E-state index in [0.717, 1.165) is 13.0 Å². The summed E-state index contributed by atoms with van der Waals surface area (Å²) in [7, 11) is -1.62. The van der Waals surface area contributed by atoms with E-state index >= 15 is 0 Å². The molecule has 6 nitrogen and oxygen atoms in total. The summed E-state index contributed by atoms with van der Waals surface area (Å²) in [6.45, 7) is 9.49. The molecular formula is C16H26F3NO5S2Si. The highest BCUT2D eigenvalue weighted by Gasteiger charge is 2.54. The number of cyclic esters (lactones) is 2. The van der Waals surface area contributed by atoms with Gasteiger partial charge in [-0.3, -0.25) is 4.79 Å². The van der Waals surface area contributed by atoms with Gasteiger partial charge in [0, 0.05) is 26.7 Å². The number of amides is 1. The van der Waals surface area contributed by atoms with Crippen molar-refractivity contribution >= 4 is 48.5 Å². The van der Waals surface area contributed by atoms with Gasteiger partial charge in [0.1, 0.15) is 6.10 Å². The van der Waals surface area contributed by atoms with E-state index in [2.05, 4.69) is 19.6 Å². The van der Waals surface area contributed by atoms with Gasteiger partial charge in [0.15, 0.2) is 12.1 Å². The summed E-state index contributed by atoms with van der Waals surface area (Å²) >= 11 is 6.41. The molecule has 0 bridgehead atoms. The molecule has 0 aromatic rings. The molecule has 1 aliphatic rings. The molecule has 0 aromatic carbocycles. The Balaban J connectivity index is 3.04. The Bertz CT molecular complexity index is 586. The molecule has 162 valence electrons. The van der Waals surface area contributed by atoms with Crippen LogP contribution in [-0.4, -0.2) is 60.8 Å². The van der Waals surface area contributed by atoms with Crippen LogP contribution in [0.5, 0.6) is 0 Å². The van der Waals surface area contributed by atoms with Crippen molar-refractivity contribution in [2.24, 2.45) is 0 Å². The zero-order valence-electron chi connectivity index (χ0n) is 16.4.